The number of carbonyl (C=O) groups is 3. The molecule has 0 bridgehead atoms. The van der Waals surface area contributed by atoms with Gasteiger partial charge in [-0.15, -0.1) is 0 Å². The molecule has 3 N–H and O–H groups in total. The Kier molecular flexibility index (Phi) is 9.45. The second-order valence-electron chi connectivity index (χ2n) is 14.5. The quantitative estimate of drug-likeness (QED) is 0.243. The molecule has 1 aromatic heterocycles. The molecule has 2 fully saturated rings. The first-order chi connectivity index (χ1) is 23.8. The van der Waals surface area contributed by atoms with Gasteiger partial charge < -0.3 is 25.4 Å². The lowest BCUT2D eigenvalue weighted by molar-refractivity contribution is -0.135. The summed E-state index contributed by atoms with van der Waals surface area (Å²) >= 11 is 0. The third-order valence-corrected chi connectivity index (χ3v) is 11.1. The van der Waals surface area contributed by atoms with Crippen LogP contribution in [-0.2, 0) is 28.0 Å². The van der Waals surface area contributed by atoms with Crippen molar-refractivity contribution < 1.29 is 14.4 Å². The van der Waals surface area contributed by atoms with Crippen LogP contribution in [0.25, 0.3) is 10.9 Å². The Morgan fingerprint density at radius 1 is 0.939 bits per heavy atom. The molecule has 4 amide bonds. The van der Waals surface area contributed by atoms with Crippen LogP contribution in [0.1, 0.15) is 60.3 Å². The average Bonchev–Trinajstić information content (AvgIpc) is 3.67. The summed E-state index contributed by atoms with van der Waals surface area (Å²) in [4.78, 5) is 50.5. The summed E-state index contributed by atoms with van der Waals surface area (Å²) in [5.41, 5.74) is 5.53. The number of amides is 4. The predicted octanol–water partition coefficient (Wildman–Crippen LogP) is 5.18. The van der Waals surface area contributed by atoms with Gasteiger partial charge in [-0.05, 0) is 67.0 Å². The number of fused-ring (bicyclic) bond motifs is 3. The van der Waals surface area contributed by atoms with Crippen LogP contribution in [0, 0.1) is 0 Å². The Balaban J connectivity index is 1.05. The summed E-state index contributed by atoms with van der Waals surface area (Å²) in [6.45, 7) is 3.80. The van der Waals surface area contributed by atoms with Gasteiger partial charge in [0, 0.05) is 75.3 Å². The summed E-state index contributed by atoms with van der Waals surface area (Å²) in [5.74, 6) is -0.0772. The first-order valence-corrected chi connectivity index (χ1v) is 17.8. The van der Waals surface area contributed by atoms with Crippen LogP contribution in [0.2, 0.25) is 0 Å². The lowest BCUT2D eigenvalue weighted by Crippen LogP contribution is -2.57. The van der Waals surface area contributed by atoms with E-state index in [2.05, 4.69) is 69.0 Å². The van der Waals surface area contributed by atoms with Gasteiger partial charge in [-0.1, -0.05) is 72.8 Å². The number of para-hydroxylation sites is 1. The number of hydrogen-bond donors (Lipinski definition) is 3. The van der Waals surface area contributed by atoms with Gasteiger partial charge in [0.25, 0.3) is 0 Å². The molecule has 256 valence electrons. The van der Waals surface area contributed by atoms with Crippen molar-refractivity contribution in [2.45, 2.75) is 68.5 Å². The average molecular weight is 661 g/mol. The van der Waals surface area contributed by atoms with E-state index in [1.807, 2.05) is 55.5 Å². The smallest absolute Gasteiger partial charge is 0.315 e. The van der Waals surface area contributed by atoms with Crippen molar-refractivity contribution in [2.75, 3.05) is 40.3 Å². The summed E-state index contributed by atoms with van der Waals surface area (Å²) in [5, 5.41) is 7.38. The molecule has 3 atom stereocenters. The molecule has 9 heteroatoms. The van der Waals surface area contributed by atoms with Gasteiger partial charge in [-0.25, -0.2) is 4.79 Å². The predicted molar refractivity (Wildman–Crippen MR) is 192 cm³/mol. The molecule has 3 aliphatic rings. The number of nitrogens with one attached hydrogen (secondary N) is 3. The fourth-order valence-corrected chi connectivity index (χ4v) is 8.54. The van der Waals surface area contributed by atoms with Crippen molar-refractivity contribution in [2.24, 2.45) is 0 Å². The summed E-state index contributed by atoms with van der Waals surface area (Å²) in [6, 6.07) is 25.9. The van der Waals surface area contributed by atoms with Crippen molar-refractivity contribution in [1.82, 2.24) is 30.3 Å². The molecular formula is C40H48N6O3. The number of hydrogen-bond acceptors (Lipinski definition) is 4. The first kappa shape index (κ1) is 32.9. The van der Waals surface area contributed by atoms with Crippen molar-refractivity contribution in [3.05, 3.63) is 107 Å². The van der Waals surface area contributed by atoms with E-state index in [9.17, 15) is 14.4 Å². The summed E-state index contributed by atoms with van der Waals surface area (Å²) in [6.07, 6.45) is 6.62. The highest BCUT2D eigenvalue weighted by Gasteiger charge is 2.48. The molecule has 0 unspecified atom stereocenters. The van der Waals surface area contributed by atoms with Crippen LogP contribution < -0.4 is 10.6 Å². The fraction of sp³-hybridized carbons (Fsp3) is 0.425. The SMILES string of the molecule is CN(C)C(=O)[C@@H]1CC2(CCN(C(=O)[C@@H](Cc3c[nH]c4ccccc34)NC(=O)N[C@H]3CCCN(Cc4ccccc4)C3)CC2)c2ccccc21. The number of H-pyrrole nitrogens is 1. The molecule has 1 aliphatic carbocycles. The van der Waals surface area contributed by atoms with E-state index in [4.69, 9.17) is 0 Å². The molecule has 1 spiro atoms. The van der Waals surface area contributed by atoms with Crippen molar-refractivity contribution in [3.63, 3.8) is 0 Å². The standard InChI is InChI=1S/C40H48N6O3/c1-44(2)37(47)33-24-40(34-16-8-6-15-32(33)34)18-21-46(22-19-40)38(48)36(23-29-25-41-35-17-9-7-14-31(29)35)43-39(49)42-30-13-10-20-45(27-30)26-28-11-4-3-5-12-28/h3-9,11-12,14-17,25,30,33,36,41H,10,13,18-24,26-27H2,1-2H3,(H2,42,43,49)/t30-,33+,36+/m0/s1. The number of urea groups is 1. The molecule has 0 radical (unpaired) electrons. The molecule has 4 aromatic rings. The van der Waals surface area contributed by atoms with Gasteiger partial charge in [0.2, 0.25) is 11.8 Å². The lowest BCUT2D eigenvalue weighted by atomic mass is 9.73. The molecule has 0 saturated carbocycles. The minimum atomic E-state index is -0.712. The Labute approximate surface area is 289 Å². The van der Waals surface area contributed by atoms with Gasteiger partial charge in [0.1, 0.15) is 6.04 Å². The number of rotatable bonds is 8. The third-order valence-electron chi connectivity index (χ3n) is 11.1. The van der Waals surface area contributed by atoms with E-state index in [0.29, 0.717) is 19.5 Å². The zero-order valence-electron chi connectivity index (χ0n) is 28.7. The van der Waals surface area contributed by atoms with Gasteiger partial charge in [0.05, 0.1) is 5.92 Å². The molecule has 49 heavy (non-hydrogen) atoms. The maximum atomic E-state index is 14.4. The first-order valence-electron chi connectivity index (χ1n) is 17.8. The van der Waals surface area contributed by atoms with Crippen LogP contribution >= 0.6 is 0 Å². The van der Waals surface area contributed by atoms with Crippen LogP contribution in [0.5, 0.6) is 0 Å². The normalized spacial score (nSPS) is 20.9. The number of carbonyl (C=O) groups excluding carboxylic acids is 3. The second kappa shape index (κ2) is 14.1. The van der Waals surface area contributed by atoms with Gasteiger partial charge in [-0.3, -0.25) is 14.5 Å². The van der Waals surface area contributed by atoms with Gasteiger partial charge in [0.15, 0.2) is 0 Å². The highest BCUT2D eigenvalue weighted by Crippen LogP contribution is 2.52. The number of likely N-dealkylation sites (N-methyl/N-ethyl adjacent to an activating group) is 1. The number of piperidine rings is 2. The van der Waals surface area contributed by atoms with Crippen molar-refractivity contribution in [3.8, 4) is 0 Å². The van der Waals surface area contributed by atoms with Crippen LogP contribution in [0.4, 0.5) is 4.79 Å². The zero-order valence-corrected chi connectivity index (χ0v) is 28.7. The Bertz CT molecular complexity index is 1790. The van der Waals surface area contributed by atoms with E-state index >= 15 is 0 Å². The fourth-order valence-electron chi connectivity index (χ4n) is 8.54. The maximum Gasteiger partial charge on any atom is 0.315 e. The maximum absolute atomic E-state index is 14.4. The van der Waals surface area contributed by atoms with Gasteiger partial charge >= 0.3 is 6.03 Å². The molecule has 3 heterocycles. The summed E-state index contributed by atoms with van der Waals surface area (Å²) in [7, 11) is 3.65. The molecule has 3 aromatic carbocycles. The topological polar surface area (TPSA) is 101 Å². The largest absolute Gasteiger partial charge is 0.361 e. The minimum absolute atomic E-state index is 0.0106. The highest BCUT2D eigenvalue weighted by molar-refractivity contribution is 5.90. The van der Waals surface area contributed by atoms with Crippen molar-refractivity contribution >= 4 is 28.7 Å². The van der Waals surface area contributed by atoms with Crippen LogP contribution in [0.15, 0.2) is 85.1 Å². The third kappa shape index (κ3) is 6.95. The van der Waals surface area contributed by atoms with E-state index in [1.165, 1.54) is 11.1 Å². The Morgan fingerprint density at radius 2 is 1.67 bits per heavy atom. The molecular weight excluding hydrogens is 612 g/mol. The zero-order chi connectivity index (χ0) is 34.0. The number of aromatic amines is 1. The van der Waals surface area contributed by atoms with Crippen molar-refractivity contribution in [1.29, 1.82) is 0 Å². The van der Waals surface area contributed by atoms with Gasteiger partial charge in [-0.2, -0.15) is 0 Å². The van der Waals surface area contributed by atoms with E-state index in [-0.39, 0.29) is 35.2 Å². The lowest BCUT2D eigenvalue weighted by Gasteiger charge is -2.41. The van der Waals surface area contributed by atoms with E-state index in [0.717, 1.165) is 73.8 Å². The number of nitrogens with zero attached hydrogens (tertiary/aromatic N) is 3. The molecule has 2 aliphatic heterocycles. The highest BCUT2D eigenvalue weighted by atomic mass is 16.2. The monoisotopic (exact) mass is 660 g/mol. The number of likely N-dealkylation sites (tertiary alicyclic amines) is 2. The Hall–Kier alpha value is -4.63. The number of benzene rings is 3. The molecule has 7 rings (SSSR count). The van der Waals surface area contributed by atoms with Crippen LogP contribution in [-0.4, -0.2) is 89.9 Å². The summed E-state index contributed by atoms with van der Waals surface area (Å²) < 4.78 is 0. The van der Waals surface area contributed by atoms with Crippen LogP contribution in [0.3, 0.4) is 0 Å². The second-order valence-corrected chi connectivity index (χ2v) is 14.5. The van der Waals surface area contributed by atoms with E-state index < -0.39 is 6.04 Å². The number of aromatic nitrogens is 1. The molecule has 2 saturated heterocycles. The molecule has 9 nitrogen and oxygen atoms in total. The Morgan fingerprint density at radius 3 is 2.47 bits per heavy atom. The van der Waals surface area contributed by atoms with E-state index in [1.54, 1.807) is 4.90 Å². The minimum Gasteiger partial charge on any atom is -0.361 e.